The monoisotopic (exact) mass is 306 g/mol. The first-order chi connectivity index (χ1) is 10.2. The zero-order chi connectivity index (χ0) is 15.1. The highest BCUT2D eigenvalue weighted by molar-refractivity contribution is 6.30. The third-order valence-corrected chi connectivity index (χ3v) is 3.56. The van der Waals surface area contributed by atoms with Crippen LogP contribution in [0.25, 0.3) is 0 Å². The van der Waals surface area contributed by atoms with Crippen molar-refractivity contribution in [1.29, 1.82) is 0 Å². The van der Waals surface area contributed by atoms with Crippen LogP contribution in [0.2, 0.25) is 5.02 Å². The number of carbonyl (C=O) groups excluding carboxylic acids is 1. The van der Waals surface area contributed by atoms with Gasteiger partial charge in [0, 0.05) is 42.8 Å². The molecule has 0 saturated heterocycles. The zero-order valence-corrected chi connectivity index (χ0v) is 12.5. The van der Waals surface area contributed by atoms with E-state index in [2.05, 4.69) is 9.88 Å². The average molecular weight is 307 g/mol. The Bertz CT molecular complexity index is 552. The minimum Gasteiger partial charge on any atom is -0.395 e. The van der Waals surface area contributed by atoms with Crippen LogP contribution in [0.4, 0.5) is 0 Å². The Kier molecular flexibility index (Phi) is 5.84. The van der Waals surface area contributed by atoms with E-state index in [1.807, 2.05) is 48.8 Å². The second kappa shape index (κ2) is 7.86. The van der Waals surface area contributed by atoms with Crippen LogP contribution in [-0.2, 0) is 11.3 Å². The Morgan fingerprint density at radius 3 is 2.52 bits per heavy atom. The number of hydrogen-bond acceptors (Lipinski definition) is 2. The second-order valence-electron chi connectivity index (χ2n) is 4.91. The molecule has 1 unspecified atom stereocenters. The summed E-state index contributed by atoms with van der Waals surface area (Å²) in [6.07, 6.45) is 4.34. The molecule has 0 aliphatic heterocycles. The Morgan fingerprint density at radius 2 is 1.90 bits per heavy atom. The van der Waals surface area contributed by atoms with Crippen molar-refractivity contribution in [2.75, 3.05) is 13.2 Å². The molecule has 0 fully saturated rings. The molecule has 1 amide bonds. The molecule has 1 heterocycles. The van der Waals surface area contributed by atoms with E-state index in [1.54, 1.807) is 0 Å². The highest BCUT2D eigenvalue weighted by Gasteiger charge is 2.16. The minimum atomic E-state index is -0.0591. The maximum Gasteiger partial charge on any atom is 0.220 e. The van der Waals surface area contributed by atoms with Crippen molar-refractivity contribution in [3.63, 3.8) is 0 Å². The van der Waals surface area contributed by atoms with E-state index in [9.17, 15) is 4.79 Å². The van der Waals surface area contributed by atoms with Crippen LogP contribution < -0.4 is 5.32 Å². The van der Waals surface area contributed by atoms with Crippen molar-refractivity contribution in [3.05, 3.63) is 59.4 Å². The molecular formula is C16H19ClN2O2. The summed E-state index contributed by atoms with van der Waals surface area (Å²) in [4.78, 5) is 11.9. The molecule has 0 aliphatic carbocycles. The maximum absolute atomic E-state index is 11.9. The van der Waals surface area contributed by atoms with Gasteiger partial charge in [0.25, 0.3) is 0 Å². The molecule has 0 spiro atoms. The number of aliphatic hydroxyl groups is 1. The summed E-state index contributed by atoms with van der Waals surface area (Å²) in [6.45, 7) is 0.964. The molecule has 4 nitrogen and oxygen atoms in total. The lowest BCUT2D eigenvalue weighted by molar-refractivity contribution is -0.121. The molecule has 0 bridgehead atoms. The Labute approximate surface area is 129 Å². The van der Waals surface area contributed by atoms with Gasteiger partial charge in [0.15, 0.2) is 0 Å². The van der Waals surface area contributed by atoms with Crippen molar-refractivity contribution in [2.45, 2.75) is 18.9 Å². The largest absolute Gasteiger partial charge is 0.395 e. The number of halogens is 1. The summed E-state index contributed by atoms with van der Waals surface area (Å²) < 4.78 is 2.05. The summed E-state index contributed by atoms with van der Waals surface area (Å²) >= 11 is 5.92. The summed E-state index contributed by atoms with van der Waals surface area (Å²) in [5, 5.41) is 12.2. The first-order valence-electron chi connectivity index (χ1n) is 6.93. The molecule has 21 heavy (non-hydrogen) atoms. The molecule has 0 saturated carbocycles. The number of amides is 1. The van der Waals surface area contributed by atoms with Gasteiger partial charge in [0.2, 0.25) is 5.91 Å². The highest BCUT2D eigenvalue weighted by Crippen LogP contribution is 2.23. The van der Waals surface area contributed by atoms with E-state index in [-0.39, 0.29) is 25.0 Å². The maximum atomic E-state index is 11.9. The fourth-order valence-electron chi connectivity index (χ4n) is 2.26. The van der Waals surface area contributed by atoms with Crippen LogP contribution in [0.3, 0.4) is 0 Å². The van der Waals surface area contributed by atoms with Gasteiger partial charge in [-0.1, -0.05) is 23.7 Å². The Hall–Kier alpha value is -1.78. The number of benzene rings is 1. The molecule has 0 radical (unpaired) electrons. The van der Waals surface area contributed by atoms with Gasteiger partial charge in [-0.2, -0.15) is 0 Å². The standard InChI is InChI=1S/C16H19ClN2O2/c17-15-5-3-13(4-6-15)14(11-16(21)18-7-10-20)12-19-8-1-2-9-19/h1-6,8-9,14,20H,7,10-12H2,(H,18,21). The zero-order valence-electron chi connectivity index (χ0n) is 11.7. The Morgan fingerprint density at radius 1 is 1.24 bits per heavy atom. The first-order valence-corrected chi connectivity index (χ1v) is 7.30. The topological polar surface area (TPSA) is 54.3 Å². The first kappa shape index (κ1) is 15.6. The Balaban J connectivity index is 2.09. The van der Waals surface area contributed by atoms with E-state index in [4.69, 9.17) is 16.7 Å². The number of aliphatic hydroxyl groups excluding tert-OH is 1. The second-order valence-corrected chi connectivity index (χ2v) is 5.34. The molecule has 2 aromatic rings. The van der Waals surface area contributed by atoms with Crippen molar-refractivity contribution in [1.82, 2.24) is 9.88 Å². The molecule has 112 valence electrons. The number of hydrogen-bond donors (Lipinski definition) is 2. The van der Waals surface area contributed by atoms with E-state index in [1.165, 1.54) is 0 Å². The van der Waals surface area contributed by atoms with E-state index < -0.39 is 0 Å². The molecule has 1 aromatic carbocycles. The van der Waals surface area contributed by atoms with Crippen molar-refractivity contribution >= 4 is 17.5 Å². The molecular weight excluding hydrogens is 288 g/mol. The van der Waals surface area contributed by atoms with Gasteiger partial charge in [-0.3, -0.25) is 4.79 Å². The normalized spacial score (nSPS) is 12.1. The molecule has 2 rings (SSSR count). The third kappa shape index (κ3) is 4.92. The summed E-state index contributed by atoms with van der Waals surface area (Å²) in [5.41, 5.74) is 1.08. The molecule has 2 N–H and O–H groups in total. The SMILES string of the molecule is O=C(CC(Cn1cccc1)c1ccc(Cl)cc1)NCCO. The highest BCUT2D eigenvalue weighted by atomic mass is 35.5. The lowest BCUT2D eigenvalue weighted by atomic mass is 9.95. The number of nitrogens with one attached hydrogen (secondary N) is 1. The summed E-state index contributed by atoms with van der Waals surface area (Å²) in [7, 11) is 0. The van der Waals surface area contributed by atoms with Crippen LogP contribution in [0, 0.1) is 0 Å². The lowest BCUT2D eigenvalue weighted by Gasteiger charge is -2.18. The third-order valence-electron chi connectivity index (χ3n) is 3.30. The van der Waals surface area contributed by atoms with Crippen molar-refractivity contribution < 1.29 is 9.90 Å². The predicted octanol–water partition coefficient (Wildman–Crippen LogP) is 2.42. The number of aromatic nitrogens is 1. The van der Waals surface area contributed by atoms with Crippen molar-refractivity contribution in [3.8, 4) is 0 Å². The van der Waals surface area contributed by atoms with Crippen LogP contribution in [-0.4, -0.2) is 28.7 Å². The number of rotatable bonds is 7. The summed E-state index contributed by atoms with van der Waals surface area (Å²) in [5.74, 6) is 0.00418. The van der Waals surface area contributed by atoms with Gasteiger partial charge in [-0.15, -0.1) is 0 Å². The van der Waals surface area contributed by atoms with Crippen LogP contribution in [0.5, 0.6) is 0 Å². The summed E-state index contributed by atoms with van der Waals surface area (Å²) in [6, 6.07) is 11.5. The van der Waals surface area contributed by atoms with Crippen LogP contribution >= 0.6 is 11.6 Å². The molecule has 1 aromatic heterocycles. The van der Waals surface area contributed by atoms with Gasteiger partial charge < -0.3 is 15.0 Å². The van der Waals surface area contributed by atoms with Gasteiger partial charge in [-0.05, 0) is 29.8 Å². The predicted molar refractivity (Wildman–Crippen MR) is 83.3 cm³/mol. The van der Waals surface area contributed by atoms with Gasteiger partial charge in [0.1, 0.15) is 0 Å². The van der Waals surface area contributed by atoms with Crippen LogP contribution in [0.15, 0.2) is 48.8 Å². The average Bonchev–Trinajstić information content (AvgIpc) is 2.98. The number of carbonyl (C=O) groups is 1. The minimum absolute atomic E-state index is 0.0467. The van der Waals surface area contributed by atoms with Crippen molar-refractivity contribution in [2.24, 2.45) is 0 Å². The fourth-order valence-corrected chi connectivity index (χ4v) is 2.39. The van der Waals surface area contributed by atoms with Gasteiger partial charge in [0.05, 0.1) is 6.61 Å². The van der Waals surface area contributed by atoms with E-state index in [0.29, 0.717) is 11.4 Å². The van der Waals surface area contributed by atoms with Crippen LogP contribution in [0.1, 0.15) is 17.9 Å². The molecule has 0 aliphatic rings. The lowest BCUT2D eigenvalue weighted by Crippen LogP contribution is -2.28. The smallest absolute Gasteiger partial charge is 0.220 e. The fraction of sp³-hybridized carbons (Fsp3) is 0.312. The van der Waals surface area contributed by atoms with Gasteiger partial charge >= 0.3 is 0 Å². The quantitative estimate of drug-likeness (QED) is 0.825. The molecule has 5 heteroatoms. The molecule has 1 atom stereocenters. The number of nitrogens with zero attached hydrogens (tertiary/aromatic N) is 1. The van der Waals surface area contributed by atoms with Gasteiger partial charge in [-0.25, -0.2) is 0 Å². The van der Waals surface area contributed by atoms with E-state index >= 15 is 0 Å². The van der Waals surface area contributed by atoms with E-state index in [0.717, 1.165) is 12.1 Å².